The molecule has 1 unspecified atom stereocenters. The summed E-state index contributed by atoms with van der Waals surface area (Å²) in [5.41, 5.74) is 4.12. The largest absolute Gasteiger partial charge is 0.462 e. The Hall–Kier alpha value is -5.08. The van der Waals surface area contributed by atoms with Gasteiger partial charge >= 0.3 is 24.1 Å². The maximum Gasteiger partial charge on any atom is 0.407 e. The van der Waals surface area contributed by atoms with Crippen LogP contribution in [0.15, 0.2) is 169 Å². The Morgan fingerprint density at radius 1 is 0.544 bits per heavy atom. The van der Waals surface area contributed by atoms with E-state index in [0.29, 0.717) is 26.1 Å². The summed E-state index contributed by atoms with van der Waals surface area (Å²) in [5, 5.41) is 5.78. The molecule has 3 aliphatic carbocycles. The molecular formula is C59H66B41N4O10. The third-order valence-electron chi connectivity index (χ3n) is 21.0. The summed E-state index contributed by atoms with van der Waals surface area (Å²) < 4.78 is 21.2. The predicted octanol–water partition coefficient (Wildman–Crippen LogP) is -4.60. The number of benzene rings is 4. The summed E-state index contributed by atoms with van der Waals surface area (Å²) in [6.45, 7) is 9.65. The highest BCUT2D eigenvalue weighted by molar-refractivity contribution is 8.21. The molecule has 2 N–H and O–H groups in total. The lowest BCUT2D eigenvalue weighted by molar-refractivity contribution is -0.146. The standard InChI is InChI=1S/C30H34N2O5.C29H32N2O5.B21.B20/c1-4-36-29(35)31-21-15-16-24-20(17-21)18-30(3)26(19(2)37-28(30)34)25(24)27(33)32(22-11-7-5-8-12-22)23-13-9-6-10-14-23;1-3-35-29(34)30-24-12-10-11-23(21-24)18-20-28(33)36-22(2)17-19-27(32)31(25-13-6-4-7-14-25)26-15-8-5-9-16-26;1-12-18(13(2)3)21(19(14(4)5)15(6)7)20(16(8)9)17(10)11;1-12(2)17(11)20(18(13(3)4)14(5)6)19(15(7)8)16(9)10/h5-14,18-19,21,24-26H,4,15-17H2,1-3H3,(H,31,35);4-9,11,13-20,22,24H,3,10,12,21H2,1-2H3,(H,30,34);;/b;19-17-,20-18+;;/t19-,21-,24-,25+,26+,30-;22?,24-;;/m11../s1. The molecule has 4 amide bonds. The first-order valence-electron chi connectivity index (χ1n) is 38.2. The highest BCUT2D eigenvalue weighted by Gasteiger charge is 2.62. The van der Waals surface area contributed by atoms with Crippen LogP contribution in [0.4, 0.5) is 32.3 Å². The zero-order chi connectivity index (χ0) is 85.0. The fourth-order valence-electron chi connectivity index (χ4n) is 15.8. The van der Waals surface area contributed by atoms with E-state index in [9.17, 15) is 28.8 Å². The van der Waals surface area contributed by atoms with Crippen LogP contribution >= 0.6 is 0 Å². The Labute approximate surface area is 716 Å². The van der Waals surface area contributed by atoms with Gasteiger partial charge in [0.15, 0.2) is 0 Å². The molecular weight excluding hydrogens is 1370 g/mol. The van der Waals surface area contributed by atoms with Crippen molar-refractivity contribution >= 4 is 351 Å². The number of carbonyl (C=O) groups is 6. The summed E-state index contributed by atoms with van der Waals surface area (Å²) >= 11 is 0. The van der Waals surface area contributed by atoms with E-state index in [0.717, 1.165) is 59.6 Å². The van der Waals surface area contributed by atoms with Crippen LogP contribution in [-0.2, 0) is 38.1 Å². The Bertz CT molecular complexity index is 3620. The Kier molecular flexibility index (Phi) is 42.6. The van der Waals surface area contributed by atoms with Gasteiger partial charge in [0.2, 0.25) is 5.91 Å². The van der Waals surface area contributed by atoms with Gasteiger partial charge in [0.25, 0.3) is 5.91 Å². The average Bonchev–Trinajstić information content (AvgIpc) is 1.51. The van der Waals surface area contributed by atoms with Crippen LogP contribution in [0.5, 0.6) is 0 Å². The second-order valence-electron chi connectivity index (χ2n) is 29.3. The van der Waals surface area contributed by atoms with Gasteiger partial charge in [0, 0.05) is 345 Å². The number of nitrogens with one attached hydrogen (secondary N) is 2. The number of fused-ring (bicyclic) bond motifs is 2. The topological polar surface area (TPSA) is 170 Å². The van der Waals surface area contributed by atoms with Crippen LogP contribution in [0.25, 0.3) is 0 Å². The minimum atomic E-state index is -0.906. The van der Waals surface area contributed by atoms with Crippen molar-refractivity contribution in [2.45, 2.75) is 97.4 Å². The van der Waals surface area contributed by atoms with Gasteiger partial charge in [-0.15, -0.1) is 0 Å². The molecule has 55 heteroatoms. The van der Waals surface area contributed by atoms with Gasteiger partial charge in [-0.05, 0) is 139 Å². The number of carbonyl (C=O) groups excluding carboxylic acids is 6. The SMILES string of the molecule is CCOC(=O)N[C@@H]1CCC=C(/C=C/C(=O)OC(C)/C=C\C(=O)N(c2ccccc2)c2ccccc2)C1.CCOC(=O)N[C@@H]1CC[C@@H]2C(=C[C@@]3(C)C(=O)O[C@H](C)[C@H]3[C@H]2C(=O)N(c2ccccc2)c2ccccc2)C1.[B]B([B])B([B])B(B(B([B])[B])B([B])[B])B(B([B])[B])B([B])[B].[B][B]B(B([B])[B])B(B(B([B])[B])B([B])[B])B(B([B])[B])B([B])[B]. The van der Waals surface area contributed by atoms with Crippen LogP contribution in [-0.4, -0.2) is 366 Å². The van der Waals surface area contributed by atoms with Gasteiger partial charge in [0.05, 0.1) is 24.5 Å². The van der Waals surface area contributed by atoms with Crippen molar-refractivity contribution in [3.8, 4) is 0 Å². The maximum atomic E-state index is 14.7. The quantitative estimate of drug-likeness (QED) is 0.0165. The number of alkyl carbamates (subject to hydrolysis) is 2. The van der Waals surface area contributed by atoms with Crippen molar-refractivity contribution in [3.63, 3.8) is 0 Å². The molecule has 1 heterocycles. The first-order chi connectivity index (χ1) is 53.9. The lowest BCUT2D eigenvalue weighted by Crippen LogP contribution is -2.81. The second-order valence-corrected chi connectivity index (χ2v) is 29.3. The molecule has 2 fully saturated rings. The number of rotatable bonds is 31. The smallest absolute Gasteiger partial charge is 0.407 e. The number of amides is 4. The van der Waals surface area contributed by atoms with E-state index in [-0.39, 0.29) is 47.8 Å². The van der Waals surface area contributed by atoms with Crippen molar-refractivity contribution in [2.75, 3.05) is 23.0 Å². The highest BCUT2D eigenvalue weighted by Crippen LogP contribution is 2.56. The average molecular weight is 1430 g/mol. The molecule has 505 valence electrons. The maximum absolute atomic E-state index is 14.7. The lowest BCUT2D eigenvalue weighted by Gasteiger charge is -2.47. The number of hydrogen-bond donors (Lipinski definition) is 2. The third kappa shape index (κ3) is 28.6. The van der Waals surface area contributed by atoms with Gasteiger partial charge in [-0.2, -0.15) is 0 Å². The minimum Gasteiger partial charge on any atom is -0.462 e. The Morgan fingerprint density at radius 3 is 1.33 bits per heavy atom. The molecule has 114 heavy (non-hydrogen) atoms. The molecule has 1 saturated carbocycles. The summed E-state index contributed by atoms with van der Waals surface area (Å²) in [6, 6.07) is 37.9. The molecule has 8 atom stereocenters. The number of cyclic esters (lactones) is 1. The molecule has 1 saturated heterocycles. The summed E-state index contributed by atoms with van der Waals surface area (Å²) in [4.78, 5) is 80.3. The number of ether oxygens (including phenoxy) is 4. The van der Waals surface area contributed by atoms with E-state index in [1.54, 1.807) is 42.7 Å². The summed E-state index contributed by atoms with van der Waals surface area (Å²) in [7, 11) is 128. The van der Waals surface area contributed by atoms with Gasteiger partial charge in [0.1, 0.15) is 12.2 Å². The van der Waals surface area contributed by atoms with Crippen molar-refractivity contribution < 1.29 is 47.7 Å². The molecule has 1 aliphatic heterocycles. The predicted molar refractivity (Wildman–Crippen MR) is 516 cm³/mol. The fourth-order valence-corrected chi connectivity index (χ4v) is 15.8. The number of nitrogens with zero attached hydrogens (tertiary/aromatic N) is 2. The molecule has 14 nitrogen and oxygen atoms in total. The molecule has 0 bridgehead atoms. The van der Waals surface area contributed by atoms with E-state index in [2.05, 4.69) is 10.6 Å². The monoisotopic (exact) mass is 1440 g/mol. The van der Waals surface area contributed by atoms with Crippen LogP contribution in [0, 0.1) is 23.2 Å². The minimum absolute atomic E-state index is 0.0326. The van der Waals surface area contributed by atoms with Crippen molar-refractivity contribution in [1.29, 1.82) is 0 Å². The van der Waals surface area contributed by atoms with Gasteiger partial charge in [-0.1, -0.05) is 96.6 Å². The van der Waals surface area contributed by atoms with Crippen LogP contribution in [0.2, 0.25) is 0 Å². The molecule has 45 radical (unpaired) electrons. The first-order valence-corrected chi connectivity index (χ1v) is 38.2. The zero-order valence-electron chi connectivity index (χ0n) is 65.9. The summed E-state index contributed by atoms with van der Waals surface area (Å²) in [6.07, 6.45) is -1.40. The number of allylic oxidation sites excluding steroid dienone is 2. The summed E-state index contributed by atoms with van der Waals surface area (Å²) in [5.74, 6) is -1.87. The Balaban J connectivity index is 0.000000283. The number of para-hydroxylation sites is 4. The lowest BCUT2D eigenvalue weighted by atomic mass is 8.38. The van der Waals surface area contributed by atoms with Crippen molar-refractivity contribution in [3.05, 3.63) is 169 Å². The van der Waals surface area contributed by atoms with Crippen molar-refractivity contribution in [2.24, 2.45) is 23.2 Å². The van der Waals surface area contributed by atoms with E-state index in [1.165, 1.54) is 19.2 Å². The molecule has 0 aromatic heterocycles. The normalized spacial score (nSPS) is 18.3. The number of esters is 2. The van der Waals surface area contributed by atoms with E-state index >= 15 is 0 Å². The van der Waals surface area contributed by atoms with E-state index in [1.807, 2.05) is 147 Å². The molecule has 4 aromatic carbocycles. The molecule has 8 rings (SSSR count). The highest BCUT2D eigenvalue weighted by atomic mass is 16.6. The number of anilines is 4. The van der Waals surface area contributed by atoms with Gasteiger partial charge < -0.3 is 29.6 Å². The Morgan fingerprint density at radius 2 is 0.947 bits per heavy atom. The third-order valence-corrected chi connectivity index (χ3v) is 21.0. The van der Waals surface area contributed by atoms with Crippen LogP contribution < -0.4 is 20.4 Å². The fraction of sp³-hybridized carbons (Fsp3) is 0.356. The second kappa shape index (κ2) is 48.9. The van der Waals surface area contributed by atoms with E-state index in [4.69, 9.17) is 189 Å². The van der Waals surface area contributed by atoms with Crippen LogP contribution in [0.3, 0.4) is 0 Å². The van der Waals surface area contributed by atoms with Crippen molar-refractivity contribution in [1.82, 2.24) is 10.6 Å². The van der Waals surface area contributed by atoms with Gasteiger partial charge in [-0.3, -0.25) is 24.2 Å². The zero-order valence-corrected chi connectivity index (χ0v) is 65.9. The molecule has 4 aromatic rings. The van der Waals surface area contributed by atoms with E-state index < -0.39 is 151 Å². The van der Waals surface area contributed by atoms with Crippen LogP contribution in [0.1, 0.15) is 73.1 Å². The molecule has 0 spiro atoms. The first kappa shape index (κ1) is 99.5. The molecule has 4 aliphatic rings. The van der Waals surface area contributed by atoms with Gasteiger partial charge in [-0.25, -0.2) is 14.4 Å². The number of hydrogen-bond acceptors (Lipinski definition) is 10.